The summed E-state index contributed by atoms with van der Waals surface area (Å²) in [4.78, 5) is 5.13. The maximum atomic E-state index is 12.1. The van der Waals surface area contributed by atoms with Crippen molar-refractivity contribution in [1.82, 2.24) is 14.9 Å². The van der Waals surface area contributed by atoms with Crippen molar-refractivity contribution in [3.8, 4) is 0 Å². The molecule has 144 valence electrons. The summed E-state index contributed by atoms with van der Waals surface area (Å²) in [6.45, 7) is 1.30. The summed E-state index contributed by atoms with van der Waals surface area (Å²) in [5.41, 5.74) is 1.27. The van der Waals surface area contributed by atoms with Gasteiger partial charge in [0, 0.05) is 32.6 Å². The number of rotatable bonds is 7. The third kappa shape index (κ3) is 6.53. The van der Waals surface area contributed by atoms with Gasteiger partial charge in [0.1, 0.15) is 4.21 Å². The van der Waals surface area contributed by atoms with Crippen molar-refractivity contribution in [3.05, 3.63) is 52.9 Å². The van der Waals surface area contributed by atoms with E-state index >= 15 is 0 Å². The van der Waals surface area contributed by atoms with Gasteiger partial charge in [-0.1, -0.05) is 30.3 Å². The minimum atomic E-state index is -3.37. The van der Waals surface area contributed by atoms with E-state index in [2.05, 4.69) is 27.8 Å². The molecule has 2 N–H and O–H groups in total. The molecule has 1 heterocycles. The fraction of sp³-hybridized carbons (Fsp3) is 0.353. The molecule has 1 aromatic heterocycles. The maximum Gasteiger partial charge on any atom is 0.252 e. The van der Waals surface area contributed by atoms with Gasteiger partial charge in [-0.05, 0) is 24.1 Å². The first kappa shape index (κ1) is 22.9. The van der Waals surface area contributed by atoms with Crippen LogP contribution in [0.1, 0.15) is 10.4 Å². The van der Waals surface area contributed by atoms with Crippen molar-refractivity contribution in [2.24, 2.45) is 4.99 Å². The van der Waals surface area contributed by atoms with Crippen LogP contribution in [0.15, 0.2) is 51.7 Å². The number of halogens is 1. The number of benzene rings is 1. The summed E-state index contributed by atoms with van der Waals surface area (Å²) < 4.78 is 25.8. The second kappa shape index (κ2) is 10.9. The number of sulfonamides is 1. The first-order valence-electron chi connectivity index (χ1n) is 7.93. The molecule has 6 nitrogen and oxygen atoms in total. The first-order valence-corrected chi connectivity index (χ1v) is 10.2. The number of nitrogens with one attached hydrogen (secondary N) is 2. The van der Waals surface area contributed by atoms with Gasteiger partial charge in [-0.15, -0.1) is 35.3 Å². The molecule has 0 fully saturated rings. The molecule has 0 spiro atoms. The third-order valence-corrected chi connectivity index (χ3v) is 6.94. The quantitative estimate of drug-likeness (QED) is 0.343. The third-order valence-electron chi connectivity index (χ3n) is 3.57. The van der Waals surface area contributed by atoms with Crippen LogP contribution in [0.25, 0.3) is 0 Å². The Kier molecular flexibility index (Phi) is 9.55. The van der Waals surface area contributed by atoms with E-state index in [1.807, 2.05) is 24.3 Å². The van der Waals surface area contributed by atoms with Gasteiger partial charge >= 0.3 is 0 Å². The summed E-state index contributed by atoms with van der Waals surface area (Å²) >= 11 is 1.27. The van der Waals surface area contributed by atoms with Crippen LogP contribution in [0.2, 0.25) is 0 Å². The molecule has 0 unspecified atom stereocenters. The molecule has 0 bridgehead atoms. The van der Waals surface area contributed by atoms with E-state index in [-0.39, 0.29) is 24.0 Å². The average Bonchev–Trinajstić information content (AvgIpc) is 3.08. The van der Waals surface area contributed by atoms with Gasteiger partial charge in [0.05, 0.1) is 6.54 Å². The van der Waals surface area contributed by atoms with Crippen LogP contribution in [0.3, 0.4) is 0 Å². The van der Waals surface area contributed by atoms with E-state index < -0.39 is 10.0 Å². The van der Waals surface area contributed by atoms with Crippen molar-refractivity contribution < 1.29 is 8.42 Å². The number of aliphatic imine (C=N–C) groups is 1. The van der Waals surface area contributed by atoms with Gasteiger partial charge < -0.3 is 10.6 Å². The van der Waals surface area contributed by atoms with Gasteiger partial charge in [-0.2, -0.15) is 0 Å². The van der Waals surface area contributed by atoms with Crippen molar-refractivity contribution >= 4 is 51.3 Å². The fourth-order valence-corrected chi connectivity index (χ4v) is 4.60. The van der Waals surface area contributed by atoms with Crippen LogP contribution in [-0.2, 0) is 23.0 Å². The van der Waals surface area contributed by atoms with Crippen LogP contribution in [-0.4, -0.2) is 46.4 Å². The average molecular weight is 508 g/mol. The number of hydrogen-bond acceptors (Lipinski definition) is 4. The molecule has 26 heavy (non-hydrogen) atoms. The Bertz CT molecular complexity index is 805. The molecule has 2 rings (SSSR count). The Balaban J connectivity index is 0.00000338. The van der Waals surface area contributed by atoms with Crippen molar-refractivity contribution in [2.45, 2.75) is 17.2 Å². The van der Waals surface area contributed by atoms with E-state index in [4.69, 9.17) is 0 Å². The zero-order valence-corrected chi connectivity index (χ0v) is 19.1. The Hall–Kier alpha value is -1.17. The molecule has 0 aliphatic heterocycles. The summed E-state index contributed by atoms with van der Waals surface area (Å²) in [6, 6.07) is 13.7. The van der Waals surface area contributed by atoms with Crippen LogP contribution >= 0.6 is 35.3 Å². The molecule has 0 saturated heterocycles. The van der Waals surface area contributed by atoms with Gasteiger partial charge in [0.25, 0.3) is 10.0 Å². The molecule has 9 heteroatoms. The second-order valence-electron chi connectivity index (χ2n) is 5.60. The predicted molar refractivity (Wildman–Crippen MR) is 119 cm³/mol. The van der Waals surface area contributed by atoms with Crippen LogP contribution in [0.5, 0.6) is 0 Å². The normalized spacial score (nSPS) is 11.9. The minimum absolute atomic E-state index is 0. The van der Waals surface area contributed by atoms with Crippen LogP contribution in [0, 0.1) is 0 Å². The molecule has 2 aromatic rings. The lowest BCUT2D eigenvalue weighted by atomic mass is 10.1. The Morgan fingerprint density at radius 1 is 1.12 bits per heavy atom. The smallest absolute Gasteiger partial charge is 0.252 e. The highest BCUT2D eigenvalue weighted by atomic mass is 127. The molecular weight excluding hydrogens is 483 g/mol. The highest BCUT2D eigenvalue weighted by Gasteiger charge is 2.19. The number of hydrogen-bond donors (Lipinski definition) is 2. The lowest BCUT2D eigenvalue weighted by molar-refractivity contribution is 0.523. The number of guanidine groups is 1. The monoisotopic (exact) mass is 508 g/mol. The first-order chi connectivity index (χ1) is 11.9. The van der Waals surface area contributed by atoms with E-state index in [1.54, 1.807) is 13.1 Å². The standard InChI is InChI=1S/C17H24N4O2S2.HI/c1-18-17(19-12-11-14-7-5-4-6-8-14)20-13-15-9-10-16(24-15)25(22,23)21(2)3;/h4-10H,11-13H2,1-3H3,(H2,18,19,20);1H. The predicted octanol–water partition coefficient (Wildman–Crippen LogP) is 2.52. The maximum absolute atomic E-state index is 12.1. The lowest BCUT2D eigenvalue weighted by Gasteiger charge is -2.11. The summed E-state index contributed by atoms with van der Waals surface area (Å²) in [5, 5.41) is 6.47. The largest absolute Gasteiger partial charge is 0.356 e. The molecule has 0 atom stereocenters. The molecule has 0 radical (unpaired) electrons. The number of thiophene rings is 1. The number of nitrogens with zero attached hydrogens (tertiary/aromatic N) is 2. The zero-order valence-electron chi connectivity index (χ0n) is 15.1. The summed E-state index contributed by atoms with van der Waals surface area (Å²) in [7, 11) is 1.42. The van der Waals surface area contributed by atoms with Crippen LogP contribution < -0.4 is 10.6 Å². The van der Waals surface area contributed by atoms with Crippen LogP contribution in [0.4, 0.5) is 0 Å². The van der Waals surface area contributed by atoms with Gasteiger partial charge in [-0.25, -0.2) is 12.7 Å². The van der Waals surface area contributed by atoms with Gasteiger partial charge in [-0.3, -0.25) is 4.99 Å². The fourth-order valence-electron chi connectivity index (χ4n) is 2.13. The highest BCUT2D eigenvalue weighted by Crippen LogP contribution is 2.23. The van der Waals surface area contributed by atoms with E-state index in [0.29, 0.717) is 16.7 Å². The topological polar surface area (TPSA) is 73.8 Å². The highest BCUT2D eigenvalue weighted by molar-refractivity contribution is 14.0. The minimum Gasteiger partial charge on any atom is -0.356 e. The molecule has 0 aliphatic rings. The summed E-state index contributed by atoms with van der Waals surface area (Å²) in [5.74, 6) is 0.696. The Morgan fingerprint density at radius 3 is 2.42 bits per heavy atom. The summed E-state index contributed by atoms with van der Waals surface area (Å²) in [6.07, 6.45) is 0.909. The molecular formula is C17H25IN4O2S2. The van der Waals surface area contributed by atoms with Crippen molar-refractivity contribution in [3.63, 3.8) is 0 Å². The van der Waals surface area contributed by atoms with E-state index in [9.17, 15) is 8.42 Å². The zero-order chi connectivity index (χ0) is 18.3. The van der Waals surface area contributed by atoms with E-state index in [0.717, 1.165) is 17.8 Å². The van der Waals surface area contributed by atoms with Gasteiger partial charge in [0.2, 0.25) is 0 Å². The van der Waals surface area contributed by atoms with E-state index in [1.165, 1.54) is 35.3 Å². The Morgan fingerprint density at radius 2 is 1.81 bits per heavy atom. The molecule has 1 aromatic carbocycles. The SMILES string of the molecule is CN=C(NCCc1ccccc1)NCc1ccc(S(=O)(=O)N(C)C)s1.I. The van der Waals surface area contributed by atoms with Crippen molar-refractivity contribution in [2.75, 3.05) is 27.7 Å². The lowest BCUT2D eigenvalue weighted by Crippen LogP contribution is -2.37. The van der Waals surface area contributed by atoms with Gasteiger partial charge in [0.15, 0.2) is 5.96 Å². The second-order valence-corrected chi connectivity index (χ2v) is 9.14. The molecule has 0 amide bonds. The Labute approximate surface area is 176 Å². The van der Waals surface area contributed by atoms with Crippen molar-refractivity contribution in [1.29, 1.82) is 0 Å². The molecule has 0 saturated carbocycles. The molecule has 0 aliphatic carbocycles.